The second-order valence-electron chi connectivity index (χ2n) is 5.37. The molecule has 3 aliphatic rings. The van der Waals surface area contributed by atoms with Crippen molar-refractivity contribution in [2.24, 2.45) is 0 Å². The summed E-state index contributed by atoms with van der Waals surface area (Å²) in [6, 6.07) is 0.495. The van der Waals surface area contributed by atoms with Crippen molar-refractivity contribution >= 4 is 11.9 Å². The molecule has 3 rings (SSSR count). The number of urea groups is 1. The molecule has 2 unspecified atom stereocenters. The van der Waals surface area contributed by atoms with Crippen LogP contribution in [0.1, 0.15) is 32.6 Å². The maximum Gasteiger partial charge on any atom is 0.323 e. The number of piperidine rings is 1. The lowest BCUT2D eigenvalue weighted by Gasteiger charge is -2.45. The predicted molar refractivity (Wildman–Crippen MR) is 65.2 cm³/mol. The van der Waals surface area contributed by atoms with Gasteiger partial charge in [-0.3, -0.25) is 10.7 Å². The third-order valence-electron chi connectivity index (χ3n) is 4.66. The third kappa shape index (κ3) is 1.41. The molecular weight excluding hydrogens is 216 g/mol. The first kappa shape index (κ1) is 11.0. The van der Waals surface area contributed by atoms with Crippen LogP contribution in [0, 0.1) is 5.41 Å². The zero-order chi connectivity index (χ0) is 12.0. The van der Waals surface area contributed by atoms with Crippen molar-refractivity contribution in [3.8, 4) is 0 Å². The van der Waals surface area contributed by atoms with Crippen LogP contribution in [-0.2, 0) is 0 Å². The van der Waals surface area contributed by atoms with Gasteiger partial charge >= 0.3 is 6.03 Å². The Hall–Kier alpha value is -1.10. The molecule has 0 aromatic heterocycles. The molecule has 0 saturated carbocycles. The molecular formula is C12H20N4O. The van der Waals surface area contributed by atoms with Crippen LogP contribution in [0.25, 0.3) is 0 Å². The van der Waals surface area contributed by atoms with E-state index in [1.165, 1.54) is 19.4 Å². The zero-order valence-corrected chi connectivity index (χ0v) is 10.3. The molecule has 2 atom stereocenters. The molecule has 94 valence electrons. The third-order valence-corrected chi connectivity index (χ3v) is 4.66. The van der Waals surface area contributed by atoms with Crippen LogP contribution in [0.3, 0.4) is 0 Å². The van der Waals surface area contributed by atoms with Gasteiger partial charge in [-0.1, -0.05) is 0 Å². The number of carbonyl (C=O) groups excluding carboxylic acids is 1. The van der Waals surface area contributed by atoms with E-state index in [1.54, 1.807) is 0 Å². The molecule has 0 bridgehead atoms. The highest BCUT2D eigenvalue weighted by molar-refractivity contribution is 6.08. The van der Waals surface area contributed by atoms with Gasteiger partial charge in [0.2, 0.25) is 0 Å². The number of amides is 2. The van der Waals surface area contributed by atoms with E-state index in [2.05, 4.69) is 10.2 Å². The van der Waals surface area contributed by atoms with E-state index in [1.807, 2.05) is 11.8 Å². The first-order valence-corrected chi connectivity index (χ1v) is 6.59. The van der Waals surface area contributed by atoms with Crippen molar-refractivity contribution in [1.29, 1.82) is 5.41 Å². The molecule has 3 saturated heterocycles. The fraction of sp³-hybridized carbons (Fsp3) is 0.833. The Morgan fingerprint density at radius 3 is 3.12 bits per heavy atom. The molecule has 3 fully saturated rings. The summed E-state index contributed by atoms with van der Waals surface area (Å²) in [4.78, 5) is 16.2. The average Bonchev–Trinajstić information content (AvgIpc) is 2.84. The minimum Gasteiger partial charge on any atom is -0.312 e. The van der Waals surface area contributed by atoms with Crippen LogP contribution >= 0.6 is 0 Å². The molecule has 0 aromatic rings. The van der Waals surface area contributed by atoms with E-state index >= 15 is 0 Å². The van der Waals surface area contributed by atoms with Crippen LogP contribution in [0.4, 0.5) is 4.79 Å². The molecule has 2 amide bonds. The molecule has 1 spiro atoms. The Kier molecular flexibility index (Phi) is 2.40. The van der Waals surface area contributed by atoms with E-state index in [0.717, 1.165) is 19.4 Å². The highest BCUT2D eigenvalue weighted by Gasteiger charge is 2.53. The van der Waals surface area contributed by atoms with Gasteiger partial charge in [0.1, 0.15) is 11.4 Å². The number of carbonyl (C=O) groups is 1. The molecule has 0 aromatic carbocycles. The molecule has 17 heavy (non-hydrogen) atoms. The summed E-state index contributed by atoms with van der Waals surface area (Å²) in [6.45, 7) is 4.92. The van der Waals surface area contributed by atoms with Crippen LogP contribution in [0.15, 0.2) is 0 Å². The van der Waals surface area contributed by atoms with Crippen LogP contribution in [0.5, 0.6) is 0 Å². The average molecular weight is 236 g/mol. The topological polar surface area (TPSA) is 59.4 Å². The highest BCUT2D eigenvalue weighted by Crippen LogP contribution is 2.39. The highest BCUT2D eigenvalue weighted by atomic mass is 16.2. The molecule has 0 aliphatic carbocycles. The Balaban J connectivity index is 1.89. The number of amidine groups is 1. The number of hydrogen-bond acceptors (Lipinski definition) is 3. The molecule has 0 radical (unpaired) electrons. The van der Waals surface area contributed by atoms with E-state index in [0.29, 0.717) is 18.4 Å². The lowest BCUT2D eigenvalue weighted by molar-refractivity contribution is 0.0853. The normalized spacial score (nSPS) is 37.7. The molecule has 2 N–H and O–H groups in total. The van der Waals surface area contributed by atoms with Crippen molar-refractivity contribution in [3.63, 3.8) is 0 Å². The van der Waals surface area contributed by atoms with Gasteiger partial charge in [0.25, 0.3) is 0 Å². The molecule has 3 aliphatic heterocycles. The molecule has 5 heteroatoms. The van der Waals surface area contributed by atoms with Crippen molar-refractivity contribution in [2.75, 3.05) is 19.6 Å². The smallest absolute Gasteiger partial charge is 0.312 e. The van der Waals surface area contributed by atoms with Gasteiger partial charge in [0, 0.05) is 19.1 Å². The maximum atomic E-state index is 11.8. The van der Waals surface area contributed by atoms with Gasteiger partial charge in [0.15, 0.2) is 0 Å². The van der Waals surface area contributed by atoms with Gasteiger partial charge in [-0.25, -0.2) is 4.79 Å². The molecule has 3 heterocycles. The lowest BCUT2D eigenvalue weighted by Crippen LogP contribution is -2.58. The second-order valence-corrected chi connectivity index (χ2v) is 5.37. The van der Waals surface area contributed by atoms with Crippen LogP contribution in [0.2, 0.25) is 0 Å². The maximum absolute atomic E-state index is 11.8. The standard InChI is InChI=1S/C12H20N4O/c1-2-16-11(17)14-10(13)12(16)5-7-15-6-3-4-9(15)8-12/h9H,2-8H2,1H3,(H2,13,14,17). The van der Waals surface area contributed by atoms with Crippen LogP contribution < -0.4 is 5.32 Å². The Morgan fingerprint density at radius 2 is 2.35 bits per heavy atom. The van der Waals surface area contributed by atoms with Gasteiger partial charge in [0.05, 0.1) is 0 Å². The van der Waals surface area contributed by atoms with E-state index in [9.17, 15) is 4.79 Å². The van der Waals surface area contributed by atoms with Crippen molar-refractivity contribution < 1.29 is 4.79 Å². The van der Waals surface area contributed by atoms with E-state index in [-0.39, 0.29) is 11.6 Å². The summed E-state index contributed by atoms with van der Waals surface area (Å²) in [7, 11) is 0. The Bertz CT molecular complexity index is 370. The number of fused-ring (bicyclic) bond motifs is 1. The Labute approximate surface area is 102 Å². The lowest BCUT2D eigenvalue weighted by atomic mass is 9.81. The number of rotatable bonds is 1. The predicted octanol–water partition coefficient (Wildman–Crippen LogP) is 1.01. The number of hydrogen-bond donors (Lipinski definition) is 2. The van der Waals surface area contributed by atoms with Crippen molar-refractivity contribution in [2.45, 2.75) is 44.2 Å². The second kappa shape index (κ2) is 3.70. The summed E-state index contributed by atoms with van der Waals surface area (Å²) in [6.07, 6.45) is 4.34. The fourth-order valence-electron chi connectivity index (χ4n) is 3.78. The van der Waals surface area contributed by atoms with Gasteiger partial charge < -0.3 is 9.80 Å². The summed E-state index contributed by atoms with van der Waals surface area (Å²) in [5, 5.41) is 10.8. The van der Waals surface area contributed by atoms with Crippen molar-refractivity contribution in [3.05, 3.63) is 0 Å². The van der Waals surface area contributed by atoms with Crippen molar-refractivity contribution in [1.82, 2.24) is 15.1 Å². The van der Waals surface area contributed by atoms with Gasteiger partial charge in [-0.15, -0.1) is 0 Å². The summed E-state index contributed by atoms with van der Waals surface area (Å²) in [5.41, 5.74) is -0.322. The first-order valence-electron chi connectivity index (χ1n) is 6.59. The summed E-state index contributed by atoms with van der Waals surface area (Å²) >= 11 is 0. The van der Waals surface area contributed by atoms with Gasteiger partial charge in [-0.2, -0.15) is 0 Å². The number of nitrogens with one attached hydrogen (secondary N) is 2. The SMILES string of the molecule is CCN1C(=O)NC(=N)C12CCN1CCCC1C2. The summed E-state index contributed by atoms with van der Waals surface area (Å²) in [5.74, 6) is 0.427. The van der Waals surface area contributed by atoms with E-state index in [4.69, 9.17) is 5.41 Å². The number of nitrogens with zero attached hydrogens (tertiary/aromatic N) is 2. The molecule has 5 nitrogen and oxygen atoms in total. The zero-order valence-electron chi connectivity index (χ0n) is 10.3. The quantitative estimate of drug-likeness (QED) is 0.713. The fourth-order valence-corrected chi connectivity index (χ4v) is 3.78. The minimum atomic E-state index is -0.322. The first-order chi connectivity index (χ1) is 8.17. The van der Waals surface area contributed by atoms with Crippen LogP contribution in [-0.4, -0.2) is 52.9 Å². The van der Waals surface area contributed by atoms with E-state index < -0.39 is 0 Å². The number of likely N-dealkylation sites (N-methyl/N-ethyl adjacent to an activating group) is 1. The largest absolute Gasteiger partial charge is 0.323 e. The summed E-state index contributed by atoms with van der Waals surface area (Å²) < 4.78 is 0. The monoisotopic (exact) mass is 236 g/mol. The Morgan fingerprint density at radius 1 is 1.53 bits per heavy atom. The minimum absolute atomic E-state index is 0.0797. The van der Waals surface area contributed by atoms with Gasteiger partial charge in [-0.05, 0) is 39.2 Å².